The van der Waals surface area contributed by atoms with Crippen LogP contribution in [0.4, 0.5) is 4.79 Å². The van der Waals surface area contributed by atoms with Crippen molar-refractivity contribution in [3.05, 3.63) is 35.9 Å². The van der Waals surface area contributed by atoms with Crippen LogP contribution < -0.4 is 5.32 Å². The third-order valence-electron chi connectivity index (χ3n) is 2.69. The van der Waals surface area contributed by atoms with E-state index in [9.17, 15) is 9.59 Å². The number of hydrogen-bond acceptors (Lipinski definition) is 4. The van der Waals surface area contributed by atoms with Crippen molar-refractivity contribution >= 4 is 12.1 Å². The molecule has 0 fully saturated rings. The summed E-state index contributed by atoms with van der Waals surface area (Å²) < 4.78 is 9.89. The first-order chi connectivity index (χ1) is 9.80. The lowest BCUT2D eigenvalue weighted by atomic mass is 10.0. The third kappa shape index (κ3) is 7.34. The number of methoxy groups -OCH3 is 1. The minimum atomic E-state index is -0.577. The van der Waals surface area contributed by atoms with Gasteiger partial charge < -0.3 is 14.8 Å². The van der Waals surface area contributed by atoms with E-state index in [0.717, 1.165) is 5.56 Å². The first-order valence-electron chi connectivity index (χ1n) is 6.90. The molecule has 21 heavy (non-hydrogen) atoms. The predicted octanol–water partition coefficient (Wildman–Crippen LogP) is 2.69. The molecule has 5 heteroatoms. The molecular weight excluding hydrogens is 270 g/mol. The van der Waals surface area contributed by atoms with Crippen molar-refractivity contribution in [1.82, 2.24) is 5.32 Å². The highest BCUT2D eigenvalue weighted by Crippen LogP contribution is 2.10. The second kappa shape index (κ2) is 7.67. The number of rotatable bonds is 5. The van der Waals surface area contributed by atoms with Gasteiger partial charge in [0.2, 0.25) is 0 Å². The Hall–Kier alpha value is -2.04. The van der Waals surface area contributed by atoms with Crippen molar-refractivity contribution in [1.29, 1.82) is 0 Å². The van der Waals surface area contributed by atoms with Gasteiger partial charge in [-0.25, -0.2) is 4.79 Å². The van der Waals surface area contributed by atoms with Crippen LogP contribution in [-0.2, 0) is 20.7 Å². The number of amides is 1. The molecule has 0 radical (unpaired) electrons. The van der Waals surface area contributed by atoms with E-state index in [1.807, 2.05) is 30.3 Å². The molecule has 0 aliphatic heterocycles. The van der Waals surface area contributed by atoms with Crippen LogP contribution in [-0.4, -0.2) is 30.8 Å². The highest BCUT2D eigenvalue weighted by Gasteiger charge is 2.21. The van der Waals surface area contributed by atoms with Gasteiger partial charge in [0.1, 0.15) is 5.60 Å². The highest BCUT2D eigenvalue weighted by molar-refractivity contribution is 5.72. The van der Waals surface area contributed by atoms with Gasteiger partial charge in [-0.3, -0.25) is 4.79 Å². The molecule has 5 nitrogen and oxygen atoms in total. The summed E-state index contributed by atoms with van der Waals surface area (Å²) in [7, 11) is 1.33. The summed E-state index contributed by atoms with van der Waals surface area (Å²) in [6, 6.07) is 9.27. The maximum atomic E-state index is 11.8. The van der Waals surface area contributed by atoms with E-state index in [0.29, 0.717) is 6.42 Å². The van der Waals surface area contributed by atoms with Crippen molar-refractivity contribution in [2.45, 2.75) is 45.3 Å². The Morgan fingerprint density at radius 1 is 1.19 bits per heavy atom. The fourth-order valence-corrected chi connectivity index (χ4v) is 1.83. The molecule has 0 saturated heterocycles. The fraction of sp³-hybridized carbons (Fsp3) is 0.500. The molecule has 1 rings (SSSR count). The summed E-state index contributed by atoms with van der Waals surface area (Å²) in [5, 5.41) is 2.73. The maximum absolute atomic E-state index is 11.8. The van der Waals surface area contributed by atoms with Gasteiger partial charge in [0.05, 0.1) is 13.5 Å². The Bertz CT molecular complexity index is 465. The largest absolute Gasteiger partial charge is 0.469 e. The standard InChI is InChI=1S/C16H23NO4/c1-16(2,3)21-15(19)17-13(11-14(18)20-4)10-12-8-6-5-7-9-12/h5-9,13H,10-11H2,1-4H3,(H,17,19)/t13-/m1/s1. The average molecular weight is 293 g/mol. The summed E-state index contributed by atoms with van der Waals surface area (Å²) in [6.45, 7) is 5.37. The van der Waals surface area contributed by atoms with Crippen LogP contribution in [0.25, 0.3) is 0 Å². The molecule has 116 valence electrons. The van der Waals surface area contributed by atoms with E-state index in [-0.39, 0.29) is 18.4 Å². The number of carbonyl (C=O) groups is 2. The number of esters is 1. The van der Waals surface area contributed by atoms with Crippen molar-refractivity contribution < 1.29 is 19.1 Å². The SMILES string of the molecule is COC(=O)C[C@@H](Cc1ccccc1)NC(=O)OC(C)(C)C. The molecule has 0 saturated carbocycles. The van der Waals surface area contributed by atoms with Crippen LogP contribution in [0, 0.1) is 0 Å². The zero-order valence-corrected chi connectivity index (χ0v) is 13.0. The normalized spacial score (nSPS) is 12.4. The van der Waals surface area contributed by atoms with Crippen molar-refractivity contribution in [3.63, 3.8) is 0 Å². The van der Waals surface area contributed by atoms with Crippen LogP contribution in [0.15, 0.2) is 30.3 Å². The average Bonchev–Trinajstić information content (AvgIpc) is 2.37. The first-order valence-corrected chi connectivity index (χ1v) is 6.90. The molecule has 1 aromatic rings. The molecule has 1 N–H and O–H groups in total. The molecule has 0 spiro atoms. The molecular formula is C16H23NO4. The number of nitrogens with one attached hydrogen (secondary N) is 1. The number of hydrogen-bond donors (Lipinski definition) is 1. The fourth-order valence-electron chi connectivity index (χ4n) is 1.83. The van der Waals surface area contributed by atoms with Crippen molar-refractivity contribution in [2.75, 3.05) is 7.11 Å². The summed E-state index contributed by atoms with van der Waals surface area (Å²) in [5.74, 6) is -0.369. The lowest BCUT2D eigenvalue weighted by molar-refractivity contribution is -0.141. The quantitative estimate of drug-likeness (QED) is 0.848. The maximum Gasteiger partial charge on any atom is 0.407 e. The number of carbonyl (C=O) groups excluding carboxylic acids is 2. The van der Waals surface area contributed by atoms with Gasteiger partial charge in [0.15, 0.2) is 0 Å². The summed E-state index contributed by atoms with van der Waals surface area (Å²) in [5.41, 5.74) is 0.453. The number of ether oxygens (including phenoxy) is 2. The summed E-state index contributed by atoms with van der Waals surface area (Å²) in [4.78, 5) is 23.3. The van der Waals surface area contributed by atoms with Crippen LogP contribution in [0.5, 0.6) is 0 Å². The van der Waals surface area contributed by atoms with Crippen LogP contribution in [0.1, 0.15) is 32.8 Å². The second-order valence-electron chi connectivity index (χ2n) is 5.81. The van der Waals surface area contributed by atoms with Gasteiger partial charge in [-0.2, -0.15) is 0 Å². The van der Waals surface area contributed by atoms with E-state index >= 15 is 0 Å². The smallest absolute Gasteiger partial charge is 0.407 e. The molecule has 0 heterocycles. The Kier molecular flexibility index (Phi) is 6.21. The van der Waals surface area contributed by atoms with E-state index in [1.54, 1.807) is 20.8 Å². The lowest BCUT2D eigenvalue weighted by Gasteiger charge is -2.23. The monoisotopic (exact) mass is 293 g/mol. The topological polar surface area (TPSA) is 64.6 Å². The van der Waals surface area contributed by atoms with Gasteiger partial charge in [0, 0.05) is 6.04 Å². The van der Waals surface area contributed by atoms with E-state index < -0.39 is 11.7 Å². The minimum Gasteiger partial charge on any atom is -0.469 e. The highest BCUT2D eigenvalue weighted by atomic mass is 16.6. The zero-order chi connectivity index (χ0) is 15.9. The lowest BCUT2D eigenvalue weighted by Crippen LogP contribution is -2.41. The molecule has 0 bridgehead atoms. The van der Waals surface area contributed by atoms with Gasteiger partial charge in [-0.15, -0.1) is 0 Å². The Balaban J connectivity index is 2.68. The summed E-state index contributed by atoms with van der Waals surface area (Å²) in [6.07, 6.45) is 0.104. The zero-order valence-electron chi connectivity index (χ0n) is 13.0. The van der Waals surface area contributed by atoms with E-state index in [1.165, 1.54) is 7.11 Å². The second-order valence-corrected chi connectivity index (χ2v) is 5.81. The van der Waals surface area contributed by atoms with Gasteiger partial charge >= 0.3 is 12.1 Å². The van der Waals surface area contributed by atoms with Crippen LogP contribution in [0.3, 0.4) is 0 Å². The minimum absolute atomic E-state index is 0.102. The molecule has 0 unspecified atom stereocenters. The first kappa shape index (κ1) is 17.0. The van der Waals surface area contributed by atoms with E-state index in [4.69, 9.17) is 4.74 Å². The third-order valence-corrected chi connectivity index (χ3v) is 2.69. The molecule has 1 aromatic carbocycles. The number of alkyl carbamates (subject to hydrolysis) is 1. The van der Waals surface area contributed by atoms with Crippen molar-refractivity contribution in [2.24, 2.45) is 0 Å². The van der Waals surface area contributed by atoms with Gasteiger partial charge in [-0.05, 0) is 32.8 Å². The van der Waals surface area contributed by atoms with Crippen molar-refractivity contribution in [3.8, 4) is 0 Å². The molecule has 1 atom stereocenters. The van der Waals surface area contributed by atoms with Crippen LogP contribution in [0.2, 0.25) is 0 Å². The summed E-state index contributed by atoms with van der Waals surface area (Å²) >= 11 is 0. The predicted molar refractivity (Wildman–Crippen MR) is 79.9 cm³/mol. The van der Waals surface area contributed by atoms with Crippen LogP contribution >= 0.6 is 0 Å². The van der Waals surface area contributed by atoms with E-state index in [2.05, 4.69) is 10.1 Å². The van der Waals surface area contributed by atoms with Gasteiger partial charge in [-0.1, -0.05) is 30.3 Å². The Labute approximate surface area is 125 Å². The molecule has 1 amide bonds. The molecule has 0 aliphatic rings. The molecule has 0 aliphatic carbocycles. The molecule has 0 aromatic heterocycles. The Morgan fingerprint density at radius 2 is 1.81 bits per heavy atom. The Morgan fingerprint density at radius 3 is 2.33 bits per heavy atom. The van der Waals surface area contributed by atoms with Gasteiger partial charge in [0.25, 0.3) is 0 Å². The number of benzene rings is 1.